The monoisotopic (exact) mass is 242 g/mol. The van der Waals surface area contributed by atoms with E-state index in [4.69, 9.17) is 11.6 Å². The minimum atomic E-state index is -1.07. The average molecular weight is 243 g/mol. The quantitative estimate of drug-likeness (QED) is 0.740. The summed E-state index contributed by atoms with van der Waals surface area (Å²) in [5, 5.41) is 19.6. The van der Waals surface area contributed by atoms with Gasteiger partial charge in [-0.2, -0.15) is 0 Å². The summed E-state index contributed by atoms with van der Waals surface area (Å²) in [6.07, 6.45) is 0. The van der Waals surface area contributed by atoms with Gasteiger partial charge in [0, 0.05) is 5.56 Å². The number of phenolic OH excluding ortho intramolecular Hbond substituents is 1. The number of aromatic hydroxyl groups is 1. The van der Waals surface area contributed by atoms with E-state index in [9.17, 15) is 10.2 Å². The molecule has 1 rings (SSSR count). The number of rotatable bonds is 1. The van der Waals surface area contributed by atoms with Crippen molar-refractivity contribution in [3.8, 4) is 5.75 Å². The van der Waals surface area contributed by atoms with Crippen LogP contribution in [0.3, 0.4) is 0 Å². The van der Waals surface area contributed by atoms with Gasteiger partial charge in [0.1, 0.15) is 5.75 Å². The van der Waals surface area contributed by atoms with Crippen LogP contribution in [0, 0.1) is 13.8 Å². The van der Waals surface area contributed by atoms with Crippen molar-refractivity contribution in [2.75, 3.05) is 0 Å². The van der Waals surface area contributed by atoms with Crippen LogP contribution in [0.2, 0.25) is 0 Å². The Bertz CT molecular complexity index is 403. The maximum Gasteiger partial charge on any atom is 0.154 e. The highest BCUT2D eigenvalue weighted by Crippen LogP contribution is 2.38. The molecule has 0 aliphatic rings. The molecule has 0 bridgehead atoms. The van der Waals surface area contributed by atoms with Crippen LogP contribution in [0.5, 0.6) is 5.75 Å². The van der Waals surface area contributed by atoms with E-state index >= 15 is 0 Å². The Kier molecular flexibility index (Phi) is 3.56. The zero-order valence-electron chi connectivity index (χ0n) is 10.4. The van der Waals surface area contributed by atoms with E-state index in [-0.39, 0.29) is 11.2 Å². The summed E-state index contributed by atoms with van der Waals surface area (Å²) in [5.41, 5.74) is 1.85. The lowest BCUT2D eigenvalue weighted by molar-refractivity contribution is 0.260. The normalized spacial score (nSPS) is 13.9. The zero-order valence-corrected chi connectivity index (χ0v) is 11.2. The van der Waals surface area contributed by atoms with Crippen LogP contribution in [-0.2, 0) is 5.41 Å². The molecule has 0 aliphatic carbocycles. The third-order valence-electron chi connectivity index (χ3n) is 2.85. The first-order valence-corrected chi connectivity index (χ1v) is 5.75. The summed E-state index contributed by atoms with van der Waals surface area (Å²) < 4.78 is 0. The highest BCUT2D eigenvalue weighted by atomic mass is 35.5. The second kappa shape index (κ2) is 4.27. The first-order chi connectivity index (χ1) is 7.16. The molecular formula is C13H19ClO2. The van der Waals surface area contributed by atoms with Crippen molar-refractivity contribution in [2.45, 2.75) is 45.6 Å². The van der Waals surface area contributed by atoms with Gasteiger partial charge in [0.05, 0.1) is 0 Å². The number of aliphatic hydroxyl groups is 1. The summed E-state index contributed by atoms with van der Waals surface area (Å²) in [4.78, 5) is 0. The van der Waals surface area contributed by atoms with Gasteiger partial charge in [0.25, 0.3) is 0 Å². The van der Waals surface area contributed by atoms with Crippen molar-refractivity contribution in [1.29, 1.82) is 0 Å². The largest absolute Gasteiger partial charge is 0.507 e. The van der Waals surface area contributed by atoms with Crippen molar-refractivity contribution in [3.63, 3.8) is 0 Å². The van der Waals surface area contributed by atoms with Crippen molar-refractivity contribution >= 4 is 11.6 Å². The molecule has 0 fully saturated rings. The Morgan fingerprint density at radius 3 is 2.12 bits per heavy atom. The summed E-state index contributed by atoms with van der Waals surface area (Å²) in [6, 6.07) is 1.89. The van der Waals surface area contributed by atoms with Crippen molar-refractivity contribution < 1.29 is 10.2 Å². The lowest BCUT2D eigenvalue weighted by Gasteiger charge is -2.24. The van der Waals surface area contributed by atoms with Gasteiger partial charge in [-0.1, -0.05) is 38.4 Å². The van der Waals surface area contributed by atoms with E-state index in [1.807, 2.05) is 33.8 Å². The maximum atomic E-state index is 10.1. The number of hydrogen-bond donors (Lipinski definition) is 2. The van der Waals surface area contributed by atoms with Crippen LogP contribution >= 0.6 is 11.6 Å². The summed E-state index contributed by atoms with van der Waals surface area (Å²) in [7, 11) is 0. The first-order valence-electron chi connectivity index (χ1n) is 5.32. The molecule has 90 valence electrons. The number of hydrogen-bond acceptors (Lipinski definition) is 2. The molecule has 0 amide bonds. The molecule has 0 saturated carbocycles. The zero-order chi connectivity index (χ0) is 12.7. The molecule has 2 nitrogen and oxygen atoms in total. The average Bonchev–Trinajstić information content (AvgIpc) is 2.09. The van der Waals surface area contributed by atoms with Crippen LogP contribution in [0.25, 0.3) is 0 Å². The molecule has 0 aromatic heterocycles. The number of benzene rings is 1. The third kappa shape index (κ3) is 2.33. The molecule has 1 aromatic rings. The second-order valence-corrected chi connectivity index (χ2v) is 5.63. The lowest BCUT2D eigenvalue weighted by atomic mass is 9.83. The van der Waals surface area contributed by atoms with E-state index in [1.54, 1.807) is 6.92 Å². The van der Waals surface area contributed by atoms with Crippen LogP contribution in [-0.4, -0.2) is 10.2 Å². The van der Waals surface area contributed by atoms with Gasteiger partial charge in [-0.15, -0.1) is 0 Å². The summed E-state index contributed by atoms with van der Waals surface area (Å²) in [5.74, 6) is 0.229. The lowest BCUT2D eigenvalue weighted by Crippen LogP contribution is -2.13. The van der Waals surface area contributed by atoms with Gasteiger partial charge in [-0.05, 0) is 36.0 Å². The number of aliphatic hydroxyl groups excluding tert-OH is 1. The number of phenols is 1. The van der Waals surface area contributed by atoms with Crippen molar-refractivity contribution in [2.24, 2.45) is 0 Å². The van der Waals surface area contributed by atoms with E-state index in [0.717, 1.165) is 11.1 Å². The van der Waals surface area contributed by atoms with Crippen LogP contribution in [0.1, 0.15) is 48.6 Å². The van der Waals surface area contributed by atoms with Gasteiger partial charge >= 0.3 is 0 Å². The molecule has 1 atom stereocenters. The van der Waals surface area contributed by atoms with Crippen molar-refractivity contribution in [1.82, 2.24) is 0 Å². The molecule has 1 unspecified atom stereocenters. The summed E-state index contributed by atoms with van der Waals surface area (Å²) in [6.45, 7) is 9.79. The Labute approximate surface area is 102 Å². The second-order valence-electron chi connectivity index (χ2n) is 5.21. The standard InChI is InChI=1S/C13H19ClO2/c1-7-6-9(13(3,4)5)11(15)8(2)10(7)12(14)16/h6,12,15-16H,1-5H3. The minimum absolute atomic E-state index is 0.130. The fourth-order valence-corrected chi connectivity index (χ4v) is 2.26. The van der Waals surface area contributed by atoms with Gasteiger partial charge < -0.3 is 10.2 Å². The molecule has 0 aliphatic heterocycles. The Balaban J connectivity index is 3.52. The highest BCUT2D eigenvalue weighted by molar-refractivity contribution is 6.19. The topological polar surface area (TPSA) is 40.5 Å². The van der Waals surface area contributed by atoms with E-state index < -0.39 is 5.56 Å². The molecule has 0 saturated heterocycles. The fraction of sp³-hybridized carbons (Fsp3) is 0.538. The molecule has 1 aromatic carbocycles. The van der Waals surface area contributed by atoms with E-state index in [2.05, 4.69) is 0 Å². The molecular weight excluding hydrogens is 224 g/mol. The van der Waals surface area contributed by atoms with Gasteiger partial charge in [-0.3, -0.25) is 0 Å². The highest BCUT2D eigenvalue weighted by Gasteiger charge is 2.23. The van der Waals surface area contributed by atoms with Crippen LogP contribution < -0.4 is 0 Å². The third-order valence-corrected chi connectivity index (χ3v) is 3.06. The number of halogens is 1. The first kappa shape index (κ1) is 13.3. The fourth-order valence-electron chi connectivity index (χ4n) is 1.93. The predicted molar refractivity (Wildman–Crippen MR) is 67.1 cm³/mol. The number of alkyl halides is 1. The van der Waals surface area contributed by atoms with E-state index in [1.165, 1.54) is 0 Å². The molecule has 0 radical (unpaired) electrons. The SMILES string of the molecule is Cc1cc(C(C)(C)C)c(O)c(C)c1C(O)Cl. The van der Waals surface area contributed by atoms with Crippen molar-refractivity contribution in [3.05, 3.63) is 28.3 Å². The molecule has 0 spiro atoms. The Hall–Kier alpha value is -0.730. The predicted octanol–water partition coefficient (Wildman–Crippen LogP) is 3.54. The Morgan fingerprint density at radius 2 is 1.75 bits per heavy atom. The summed E-state index contributed by atoms with van der Waals surface area (Å²) >= 11 is 5.70. The maximum absolute atomic E-state index is 10.1. The number of aryl methyl sites for hydroxylation is 1. The minimum Gasteiger partial charge on any atom is -0.507 e. The molecule has 2 N–H and O–H groups in total. The molecule has 16 heavy (non-hydrogen) atoms. The van der Waals surface area contributed by atoms with Gasteiger partial charge in [0.15, 0.2) is 5.56 Å². The molecule has 0 heterocycles. The van der Waals surface area contributed by atoms with Gasteiger partial charge in [-0.25, -0.2) is 0 Å². The van der Waals surface area contributed by atoms with Crippen LogP contribution in [0.15, 0.2) is 6.07 Å². The van der Waals surface area contributed by atoms with E-state index in [0.29, 0.717) is 11.1 Å². The van der Waals surface area contributed by atoms with Gasteiger partial charge in [0.2, 0.25) is 0 Å². The van der Waals surface area contributed by atoms with Crippen LogP contribution in [0.4, 0.5) is 0 Å². The smallest absolute Gasteiger partial charge is 0.154 e. The Morgan fingerprint density at radius 1 is 1.25 bits per heavy atom. The molecule has 3 heteroatoms.